The van der Waals surface area contributed by atoms with E-state index in [4.69, 9.17) is 11.6 Å². The SMILES string of the molecule is CCCc1nc(Cn2ccc3ccc(Cl)cc32)cs1. The molecule has 0 unspecified atom stereocenters. The molecule has 2 nitrogen and oxygen atoms in total. The van der Waals surface area contributed by atoms with Crippen LogP contribution < -0.4 is 0 Å². The molecule has 0 aliphatic heterocycles. The second-order valence-corrected chi connectivity index (χ2v) is 6.01. The van der Waals surface area contributed by atoms with Gasteiger partial charge in [-0.1, -0.05) is 24.6 Å². The Morgan fingerprint density at radius 1 is 1.32 bits per heavy atom. The number of nitrogens with zero attached hydrogens (tertiary/aromatic N) is 2. The van der Waals surface area contributed by atoms with E-state index in [2.05, 4.69) is 40.2 Å². The van der Waals surface area contributed by atoms with E-state index < -0.39 is 0 Å². The molecule has 0 radical (unpaired) electrons. The number of benzene rings is 1. The summed E-state index contributed by atoms with van der Waals surface area (Å²) in [5.41, 5.74) is 2.29. The van der Waals surface area contributed by atoms with E-state index in [0.717, 1.165) is 35.6 Å². The summed E-state index contributed by atoms with van der Waals surface area (Å²) in [5.74, 6) is 0. The highest BCUT2D eigenvalue weighted by molar-refractivity contribution is 7.09. The maximum atomic E-state index is 6.07. The third-order valence-corrected chi connectivity index (χ3v) is 4.32. The van der Waals surface area contributed by atoms with E-state index in [1.54, 1.807) is 11.3 Å². The number of aryl methyl sites for hydroxylation is 1. The van der Waals surface area contributed by atoms with Gasteiger partial charge in [0.15, 0.2) is 0 Å². The molecule has 4 heteroatoms. The first-order valence-corrected chi connectivity index (χ1v) is 7.69. The van der Waals surface area contributed by atoms with Crippen LogP contribution in [0.15, 0.2) is 35.8 Å². The fourth-order valence-electron chi connectivity index (χ4n) is 2.22. The molecule has 19 heavy (non-hydrogen) atoms. The molecule has 0 amide bonds. The quantitative estimate of drug-likeness (QED) is 0.678. The van der Waals surface area contributed by atoms with Gasteiger partial charge < -0.3 is 4.57 Å². The van der Waals surface area contributed by atoms with Gasteiger partial charge in [0.1, 0.15) is 0 Å². The van der Waals surface area contributed by atoms with Crippen molar-refractivity contribution in [3.63, 3.8) is 0 Å². The van der Waals surface area contributed by atoms with Crippen LogP contribution in [0.4, 0.5) is 0 Å². The van der Waals surface area contributed by atoms with E-state index in [1.165, 1.54) is 10.4 Å². The number of aromatic nitrogens is 2. The van der Waals surface area contributed by atoms with Crippen molar-refractivity contribution in [3.8, 4) is 0 Å². The normalized spacial score (nSPS) is 11.3. The summed E-state index contributed by atoms with van der Waals surface area (Å²) < 4.78 is 2.20. The molecular weight excluding hydrogens is 276 g/mol. The summed E-state index contributed by atoms with van der Waals surface area (Å²) in [6, 6.07) is 8.11. The van der Waals surface area contributed by atoms with Crippen molar-refractivity contribution in [1.29, 1.82) is 0 Å². The van der Waals surface area contributed by atoms with Gasteiger partial charge in [-0.3, -0.25) is 0 Å². The molecule has 3 rings (SSSR count). The molecule has 98 valence electrons. The van der Waals surface area contributed by atoms with Crippen LogP contribution in [0.25, 0.3) is 10.9 Å². The monoisotopic (exact) mass is 290 g/mol. The molecule has 2 heterocycles. The van der Waals surface area contributed by atoms with E-state index in [0.29, 0.717) is 0 Å². The lowest BCUT2D eigenvalue weighted by Crippen LogP contribution is -1.98. The predicted molar refractivity (Wildman–Crippen MR) is 82.2 cm³/mol. The lowest BCUT2D eigenvalue weighted by molar-refractivity contribution is 0.801. The van der Waals surface area contributed by atoms with E-state index in [1.807, 2.05) is 12.1 Å². The van der Waals surface area contributed by atoms with Gasteiger partial charge in [0.2, 0.25) is 0 Å². The molecule has 0 N–H and O–H groups in total. The Labute approximate surface area is 121 Å². The van der Waals surface area contributed by atoms with Crippen LogP contribution in [-0.4, -0.2) is 9.55 Å². The van der Waals surface area contributed by atoms with Crippen molar-refractivity contribution in [2.45, 2.75) is 26.3 Å². The smallest absolute Gasteiger partial charge is 0.0928 e. The first-order valence-electron chi connectivity index (χ1n) is 6.44. The molecule has 0 fully saturated rings. The van der Waals surface area contributed by atoms with Gasteiger partial charge in [0, 0.05) is 22.1 Å². The van der Waals surface area contributed by atoms with E-state index in [9.17, 15) is 0 Å². The summed E-state index contributed by atoms with van der Waals surface area (Å²) in [5, 5.41) is 5.37. The Hall–Kier alpha value is -1.32. The highest BCUT2D eigenvalue weighted by atomic mass is 35.5. The van der Waals surface area contributed by atoms with Crippen LogP contribution in [0, 0.1) is 0 Å². The van der Waals surface area contributed by atoms with Gasteiger partial charge in [-0.15, -0.1) is 11.3 Å². The van der Waals surface area contributed by atoms with E-state index >= 15 is 0 Å². The zero-order valence-corrected chi connectivity index (χ0v) is 12.3. The zero-order chi connectivity index (χ0) is 13.2. The molecule has 0 bridgehead atoms. The van der Waals surface area contributed by atoms with Gasteiger partial charge in [-0.2, -0.15) is 0 Å². The number of hydrogen-bond acceptors (Lipinski definition) is 2. The first-order chi connectivity index (χ1) is 9.26. The largest absolute Gasteiger partial charge is 0.341 e. The molecule has 0 saturated heterocycles. The van der Waals surface area contributed by atoms with Crippen LogP contribution in [0.2, 0.25) is 5.02 Å². The Kier molecular flexibility index (Phi) is 3.58. The number of thiazole rings is 1. The third-order valence-electron chi connectivity index (χ3n) is 3.13. The highest BCUT2D eigenvalue weighted by Gasteiger charge is 2.05. The van der Waals surface area contributed by atoms with Gasteiger partial charge in [-0.25, -0.2) is 4.98 Å². The zero-order valence-electron chi connectivity index (χ0n) is 10.8. The average Bonchev–Trinajstić information content (AvgIpc) is 2.98. The topological polar surface area (TPSA) is 17.8 Å². The van der Waals surface area contributed by atoms with Crippen molar-refractivity contribution in [2.75, 3.05) is 0 Å². The van der Waals surface area contributed by atoms with E-state index in [-0.39, 0.29) is 0 Å². The molecule has 0 aliphatic rings. The summed E-state index contributed by atoms with van der Waals surface area (Å²) in [6.45, 7) is 2.99. The summed E-state index contributed by atoms with van der Waals surface area (Å²) >= 11 is 7.82. The average molecular weight is 291 g/mol. The lowest BCUT2D eigenvalue weighted by Gasteiger charge is -2.03. The first kappa shape index (κ1) is 12.7. The van der Waals surface area contributed by atoms with Crippen molar-refractivity contribution in [1.82, 2.24) is 9.55 Å². The fraction of sp³-hybridized carbons (Fsp3) is 0.267. The van der Waals surface area contributed by atoms with Gasteiger partial charge in [0.25, 0.3) is 0 Å². The Morgan fingerprint density at radius 3 is 3.05 bits per heavy atom. The van der Waals surface area contributed by atoms with Crippen LogP contribution in [0.5, 0.6) is 0 Å². The molecule has 1 aromatic carbocycles. The van der Waals surface area contributed by atoms with Crippen LogP contribution in [0.3, 0.4) is 0 Å². The van der Waals surface area contributed by atoms with Crippen molar-refractivity contribution in [3.05, 3.63) is 51.6 Å². The molecule has 2 aromatic heterocycles. The maximum absolute atomic E-state index is 6.07. The lowest BCUT2D eigenvalue weighted by atomic mass is 10.2. The molecule has 0 spiro atoms. The molecule has 3 aromatic rings. The van der Waals surface area contributed by atoms with Crippen LogP contribution >= 0.6 is 22.9 Å². The number of hydrogen-bond donors (Lipinski definition) is 0. The van der Waals surface area contributed by atoms with Gasteiger partial charge >= 0.3 is 0 Å². The van der Waals surface area contributed by atoms with Crippen molar-refractivity contribution < 1.29 is 0 Å². The Bertz CT molecular complexity index is 699. The number of halogens is 1. The molecular formula is C15H15ClN2S. The van der Waals surface area contributed by atoms with Gasteiger partial charge in [0.05, 0.1) is 17.2 Å². The second-order valence-electron chi connectivity index (χ2n) is 4.63. The highest BCUT2D eigenvalue weighted by Crippen LogP contribution is 2.22. The van der Waals surface area contributed by atoms with Crippen molar-refractivity contribution in [2.24, 2.45) is 0 Å². The maximum Gasteiger partial charge on any atom is 0.0928 e. The molecule has 0 saturated carbocycles. The Balaban J connectivity index is 1.89. The van der Waals surface area contributed by atoms with Crippen LogP contribution in [-0.2, 0) is 13.0 Å². The standard InChI is InChI=1S/C15H15ClN2S/c1-2-3-15-17-13(10-19-15)9-18-7-6-11-4-5-12(16)8-14(11)18/h4-8,10H,2-3,9H2,1H3. The van der Waals surface area contributed by atoms with Crippen molar-refractivity contribution >= 4 is 33.8 Å². The predicted octanol–water partition coefficient (Wildman–Crippen LogP) is 4.75. The minimum Gasteiger partial charge on any atom is -0.341 e. The second kappa shape index (κ2) is 5.35. The molecule has 0 aliphatic carbocycles. The van der Waals surface area contributed by atoms with Gasteiger partial charge in [-0.05, 0) is 36.4 Å². The minimum atomic E-state index is 0.775. The summed E-state index contributed by atoms with van der Waals surface area (Å²) in [6.07, 6.45) is 4.32. The Morgan fingerprint density at radius 2 is 2.21 bits per heavy atom. The minimum absolute atomic E-state index is 0.775. The third kappa shape index (κ3) is 2.67. The fourth-order valence-corrected chi connectivity index (χ4v) is 3.28. The number of rotatable bonds is 4. The summed E-state index contributed by atoms with van der Waals surface area (Å²) in [7, 11) is 0. The van der Waals surface area contributed by atoms with Crippen LogP contribution in [0.1, 0.15) is 24.0 Å². The molecule has 0 atom stereocenters. The summed E-state index contributed by atoms with van der Waals surface area (Å²) in [4.78, 5) is 4.67. The number of fused-ring (bicyclic) bond motifs is 1.